The van der Waals surface area contributed by atoms with Gasteiger partial charge in [0.05, 0.1) is 12.7 Å². The van der Waals surface area contributed by atoms with Crippen LogP contribution in [0.2, 0.25) is 0 Å². The minimum atomic E-state index is -0.158. The van der Waals surface area contributed by atoms with Crippen molar-refractivity contribution in [2.45, 2.75) is 38.3 Å². The molecule has 6 nitrogen and oxygen atoms in total. The van der Waals surface area contributed by atoms with Crippen LogP contribution in [0.5, 0.6) is 0 Å². The SMILES string of the molecule is NCC1CCCCC1NC(=O)c1cn(Cc2ccccc2)nn1. The maximum absolute atomic E-state index is 12.4. The molecule has 0 spiro atoms. The lowest BCUT2D eigenvalue weighted by molar-refractivity contribution is 0.0903. The van der Waals surface area contributed by atoms with E-state index >= 15 is 0 Å². The Bertz CT molecular complexity index is 639. The highest BCUT2D eigenvalue weighted by molar-refractivity contribution is 5.92. The van der Waals surface area contributed by atoms with Crippen molar-refractivity contribution in [2.75, 3.05) is 6.54 Å². The number of nitrogens with two attached hydrogens (primary N) is 1. The molecule has 2 unspecified atom stereocenters. The van der Waals surface area contributed by atoms with Gasteiger partial charge in [0.2, 0.25) is 0 Å². The molecule has 1 heterocycles. The van der Waals surface area contributed by atoms with Gasteiger partial charge in [-0.2, -0.15) is 0 Å². The van der Waals surface area contributed by atoms with Crippen LogP contribution in [0.1, 0.15) is 41.7 Å². The summed E-state index contributed by atoms with van der Waals surface area (Å²) in [5, 5.41) is 11.1. The molecule has 2 aromatic rings. The van der Waals surface area contributed by atoms with E-state index in [1.165, 1.54) is 6.42 Å². The van der Waals surface area contributed by atoms with Gasteiger partial charge in [0.25, 0.3) is 5.91 Å². The summed E-state index contributed by atoms with van der Waals surface area (Å²) >= 11 is 0. The number of benzene rings is 1. The molecular formula is C17H23N5O. The Balaban J connectivity index is 1.62. The first kappa shape index (κ1) is 15.7. The van der Waals surface area contributed by atoms with E-state index in [0.29, 0.717) is 24.7 Å². The number of hydrogen-bond acceptors (Lipinski definition) is 4. The Morgan fingerprint density at radius 1 is 1.26 bits per heavy atom. The van der Waals surface area contributed by atoms with Crippen molar-refractivity contribution in [1.29, 1.82) is 0 Å². The van der Waals surface area contributed by atoms with Crippen LogP contribution in [0.15, 0.2) is 36.5 Å². The standard InChI is InChI=1S/C17H23N5O/c18-10-14-8-4-5-9-15(14)19-17(23)16-12-22(21-20-16)11-13-6-2-1-3-7-13/h1-3,6-7,12,14-15H,4-5,8-11,18H2,(H,19,23). The summed E-state index contributed by atoms with van der Waals surface area (Å²) in [5.74, 6) is 0.210. The summed E-state index contributed by atoms with van der Waals surface area (Å²) in [5.41, 5.74) is 7.30. The molecule has 1 fully saturated rings. The maximum atomic E-state index is 12.4. The van der Waals surface area contributed by atoms with E-state index in [1.54, 1.807) is 10.9 Å². The average molecular weight is 313 g/mol. The highest BCUT2D eigenvalue weighted by atomic mass is 16.2. The van der Waals surface area contributed by atoms with Crippen LogP contribution >= 0.6 is 0 Å². The van der Waals surface area contributed by atoms with Gasteiger partial charge < -0.3 is 11.1 Å². The molecule has 1 aliphatic carbocycles. The van der Waals surface area contributed by atoms with Crippen molar-refractivity contribution in [3.63, 3.8) is 0 Å². The van der Waals surface area contributed by atoms with Crippen molar-refractivity contribution < 1.29 is 4.79 Å². The minimum Gasteiger partial charge on any atom is -0.348 e. The van der Waals surface area contributed by atoms with E-state index in [2.05, 4.69) is 15.6 Å². The van der Waals surface area contributed by atoms with Crippen LogP contribution in [0.3, 0.4) is 0 Å². The molecule has 0 bridgehead atoms. The number of aromatic nitrogens is 3. The van der Waals surface area contributed by atoms with Gasteiger partial charge >= 0.3 is 0 Å². The van der Waals surface area contributed by atoms with Gasteiger partial charge in [-0.05, 0) is 30.9 Å². The van der Waals surface area contributed by atoms with Crippen LogP contribution in [-0.4, -0.2) is 33.5 Å². The number of hydrogen-bond donors (Lipinski definition) is 2. The van der Waals surface area contributed by atoms with Crippen molar-refractivity contribution in [3.8, 4) is 0 Å². The lowest BCUT2D eigenvalue weighted by Crippen LogP contribution is -2.44. The molecule has 2 atom stereocenters. The first-order chi connectivity index (χ1) is 11.3. The van der Waals surface area contributed by atoms with E-state index in [-0.39, 0.29) is 11.9 Å². The zero-order valence-corrected chi connectivity index (χ0v) is 13.2. The van der Waals surface area contributed by atoms with Crippen LogP contribution in [0.25, 0.3) is 0 Å². The monoisotopic (exact) mass is 313 g/mol. The molecule has 3 N–H and O–H groups in total. The second kappa shape index (κ2) is 7.37. The predicted molar refractivity (Wildman–Crippen MR) is 87.8 cm³/mol. The third kappa shape index (κ3) is 3.96. The van der Waals surface area contributed by atoms with Gasteiger partial charge in [0.1, 0.15) is 0 Å². The molecule has 1 aromatic heterocycles. The zero-order chi connectivity index (χ0) is 16.1. The lowest BCUT2D eigenvalue weighted by atomic mass is 9.84. The Labute approximate surface area is 136 Å². The maximum Gasteiger partial charge on any atom is 0.273 e. The Morgan fingerprint density at radius 2 is 2.04 bits per heavy atom. The quantitative estimate of drug-likeness (QED) is 0.877. The number of carbonyl (C=O) groups excluding carboxylic acids is 1. The van der Waals surface area contributed by atoms with Crippen LogP contribution < -0.4 is 11.1 Å². The van der Waals surface area contributed by atoms with Gasteiger partial charge in [0.15, 0.2) is 5.69 Å². The van der Waals surface area contributed by atoms with E-state index in [9.17, 15) is 4.79 Å². The molecule has 0 aliphatic heterocycles. The molecule has 122 valence electrons. The third-order valence-corrected chi connectivity index (χ3v) is 4.49. The minimum absolute atomic E-state index is 0.153. The van der Waals surface area contributed by atoms with Gasteiger partial charge in [-0.15, -0.1) is 5.10 Å². The summed E-state index contributed by atoms with van der Waals surface area (Å²) in [4.78, 5) is 12.4. The van der Waals surface area contributed by atoms with Gasteiger partial charge in [0, 0.05) is 6.04 Å². The predicted octanol–water partition coefficient (Wildman–Crippen LogP) is 1.57. The molecule has 1 aromatic carbocycles. The van der Waals surface area contributed by atoms with E-state index in [1.807, 2.05) is 30.3 Å². The van der Waals surface area contributed by atoms with Crippen LogP contribution in [-0.2, 0) is 6.54 Å². The molecule has 1 aliphatic rings. The number of nitrogens with zero attached hydrogens (tertiary/aromatic N) is 3. The number of nitrogens with one attached hydrogen (secondary N) is 1. The largest absolute Gasteiger partial charge is 0.348 e. The zero-order valence-electron chi connectivity index (χ0n) is 13.2. The van der Waals surface area contributed by atoms with E-state index < -0.39 is 0 Å². The second-order valence-corrected chi connectivity index (χ2v) is 6.15. The van der Waals surface area contributed by atoms with Crippen LogP contribution in [0.4, 0.5) is 0 Å². The molecule has 0 saturated heterocycles. The fourth-order valence-electron chi connectivity index (χ4n) is 3.17. The molecule has 1 amide bonds. The third-order valence-electron chi connectivity index (χ3n) is 4.49. The van der Waals surface area contributed by atoms with Crippen molar-refractivity contribution in [1.82, 2.24) is 20.3 Å². The Hall–Kier alpha value is -2.21. The molecule has 1 saturated carbocycles. The highest BCUT2D eigenvalue weighted by Crippen LogP contribution is 2.23. The fourth-order valence-corrected chi connectivity index (χ4v) is 3.17. The van der Waals surface area contributed by atoms with E-state index in [0.717, 1.165) is 24.8 Å². The van der Waals surface area contributed by atoms with Gasteiger partial charge in [-0.25, -0.2) is 4.68 Å². The summed E-state index contributed by atoms with van der Waals surface area (Å²) in [6, 6.07) is 10.1. The first-order valence-electron chi connectivity index (χ1n) is 8.21. The summed E-state index contributed by atoms with van der Waals surface area (Å²) in [6.45, 7) is 1.22. The Morgan fingerprint density at radius 3 is 2.83 bits per heavy atom. The number of rotatable bonds is 5. The molecule has 3 rings (SSSR count). The normalized spacial score (nSPS) is 21.1. The molecule has 0 radical (unpaired) electrons. The van der Waals surface area contributed by atoms with Gasteiger partial charge in [-0.3, -0.25) is 4.79 Å². The molecule has 6 heteroatoms. The summed E-state index contributed by atoms with van der Waals surface area (Å²) in [6.07, 6.45) is 6.11. The Kier molecular flexibility index (Phi) is 5.02. The van der Waals surface area contributed by atoms with Gasteiger partial charge in [-0.1, -0.05) is 48.4 Å². The van der Waals surface area contributed by atoms with Crippen molar-refractivity contribution >= 4 is 5.91 Å². The smallest absolute Gasteiger partial charge is 0.273 e. The molecule has 23 heavy (non-hydrogen) atoms. The first-order valence-corrected chi connectivity index (χ1v) is 8.21. The van der Waals surface area contributed by atoms with Crippen LogP contribution in [0, 0.1) is 5.92 Å². The summed E-state index contributed by atoms with van der Waals surface area (Å²) in [7, 11) is 0. The summed E-state index contributed by atoms with van der Waals surface area (Å²) < 4.78 is 1.69. The lowest BCUT2D eigenvalue weighted by Gasteiger charge is -2.30. The van der Waals surface area contributed by atoms with Crippen molar-refractivity contribution in [3.05, 3.63) is 47.8 Å². The average Bonchev–Trinajstić information content (AvgIpc) is 3.05. The fraction of sp³-hybridized carbons (Fsp3) is 0.471. The second-order valence-electron chi connectivity index (χ2n) is 6.15. The van der Waals surface area contributed by atoms with Crippen molar-refractivity contribution in [2.24, 2.45) is 11.7 Å². The topological polar surface area (TPSA) is 85.8 Å². The number of carbonyl (C=O) groups is 1. The molecular weight excluding hydrogens is 290 g/mol. The number of amides is 1. The highest BCUT2D eigenvalue weighted by Gasteiger charge is 2.26. The van der Waals surface area contributed by atoms with E-state index in [4.69, 9.17) is 5.73 Å².